The Morgan fingerprint density at radius 2 is 1.18 bits per heavy atom. The molecule has 0 radical (unpaired) electrons. The second-order valence-corrected chi connectivity index (χ2v) is 9.86. The Labute approximate surface area is 224 Å². The predicted molar refractivity (Wildman–Crippen MR) is 154 cm³/mol. The van der Waals surface area contributed by atoms with Crippen molar-refractivity contribution in [2.75, 3.05) is 0 Å². The molecular weight excluding hydrogens is 464 g/mol. The van der Waals surface area contributed by atoms with Crippen molar-refractivity contribution in [3.05, 3.63) is 156 Å². The molecule has 1 fully saturated rings. The summed E-state index contributed by atoms with van der Waals surface area (Å²) < 4.78 is 2.23. The number of aromatic nitrogens is 2. The van der Waals surface area contributed by atoms with Crippen molar-refractivity contribution in [3.8, 4) is 11.3 Å². The molecule has 0 bridgehead atoms. The summed E-state index contributed by atoms with van der Waals surface area (Å²) in [5.41, 5.74) is 6.73. The van der Waals surface area contributed by atoms with Crippen LogP contribution in [0.15, 0.2) is 133 Å². The highest BCUT2D eigenvalue weighted by Gasteiger charge is 2.38. The molecule has 0 aliphatic heterocycles. The Balaban J connectivity index is 1.55. The molecule has 0 amide bonds. The molecule has 1 heterocycles. The first kappa shape index (κ1) is 23.9. The van der Waals surface area contributed by atoms with E-state index in [9.17, 15) is 4.79 Å². The SMILES string of the molecule is O=C1CCCCC1=Cc1ccccc1-c1cn(C(c2ccccc2)(c2ccccc2)c2ccccc2)cn1. The Kier molecular flexibility index (Phi) is 6.58. The predicted octanol–water partition coefficient (Wildman–Crippen LogP) is 7.92. The minimum atomic E-state index is -0.609. The van der Waals surface area contributed by atoms with Gasteiger partial charge >= 0.3 is 0 Å². The van der Waals surface area contributed by atoms with E-state index in [1.54, 1.807) is 0 Å². The van der Waals surface area contributed by atoms with Crippen LogP contribution >= 0.6 is 0 Å². The molecule has 0 unspecified atom stereocenters. The number of carbonyl (C=O) groups is 1. The van der Waals surface area contributed by atoms with Crippen LogP contribution in [-0.2, 0) is 10.3 Å². The molecule has 0 N–H and O–H groups in total. The van der Waals surface area contributed by atoms with Gasteiger partial charge in [-0.25, -0.2) is 4.98 Å². The van der Waals surface area contributed by atoms with E-state index in [-0.39, 0.29) is 5.78 Å². The summed E-state index contributed by atoms with van der Waals surface area (Å²) in [5.74, 6) is 0.271. The van der Waals surface area contributed by atoms with Crippen molar-refractivity contribution < 1.29 is 4.79 Å². The summed E-state index contributed by atoms with van der Waals surface area (Å²) in [5, 5.41) is 0. The zero-order valence-corrected chi connectivity index (χ0v) is 21.3. The van der Waals surface area contributed by atoms with Crippen LogP contribution in [0.2, 0.25) is 0 Å². The maximum absolute atomic E-state index is 12.6. The summed E-state index contributed by atoms with van der Waals surface area (Å²) in [7, 11) is 0. The van der Waals surface area contributed by atoms with Crippen LogP contribution in [-0.4, -0.2) is 15.3 Å². The first-order chi connectivity index (χ1) is 18.8. The number of allylic oxidation sites excluding steroid dienone is 1. The van der Waals surface area contributed by atoms with Crippen molar-refractivity contribution in [1.29, 1.82) is 0 Å². The molecule has 186 valence electrons. The number of hydrogen-bond acceptors (Lipinski definition) is 2. The highest BCUT2D eigenvalue weighted by molar-refractivity contribution is 6.00. The lowest BCUT2D eigenvalue weighted by atomic mass is 9.77. The average molecular weight is 495 g/mol. The van der Waals surface area contributed by atoms with Gasteiger partial charge in [0.15, 0.2) is 5.78 Å². The third kappa shape index (κ3) is 4.31. The van der Waals surface area contributed by atoms with Gasteiger partial charge in [-0.1, -0.05) is 115 Å². The highest BCUT2D eigenvalue weighted by atomic mass is 16.1. The molecular formula is C35H30N2O. The average Bonchev–Trinajstić information content (AvgIpc) is 3.47. The molecule has 1 aromatic heterocycles. The molecule has 6 rings (SSSR count). The molecule has 38 heavy (non-hydrogen) atoms. The molecule has 1 saturated carbocycles. The van der Waals surface area contributed by atoms with Crippen LogP contribution in [0.25, 0.3) is 17.3 Å². The Morgan fingerprint density at radius 3 is 1.76 bits per heavy atom. The quantitative estimate of drug-likeness (QED) is 0.178. The van der Waals surface area contributed by atoms with Gasteiger partial charge < -0.3 is 4.57 Å². The standard InChI is InChI=1S/C35H30N2O/c38-34-23-13-11-15-28(34)24-27-14-10-12-22-32(27)33-25-37(26-36-33)35(29-16-4-1-5-17-29,30-18-6-2-7-19-30)31-20-8-3-9-21-31/h1-10,12,14,16-22,24-26H,11,13,15,23H2. The van der Waals surface area contributed by atoms with Gasteiger partial charge in [0.1, 0.15) is 5.54 Å². The van der Waals surface area contributed by atoms with E-state index in [1.165, 1.54) is 0 Å². The van der Waals surface area contributed by atoms with Gasteiger partial charge in [-0.15, -0.1) is 0 Å². The van der Waals surface area contributed by atoms with E-state index in [4.69, 9.17) is 4.98 Å². The number of carbonyl (C=O) groups excluding carboxylic acids is 1. The number of Topliss-reactive ketones (excluding diaryl/α,β-unsaturated/α-hetero) is 1. The topological polar surface area (TPSA) is 34.9 Å². The first-order valence-corrected chi connectivity index (χ1v) is 13.3. The summed E-state index contributed by atoms with van der Waals surface area (Å²) in [4.78, 5) is 17.5. The molecule has 5 aromatic rings. The Hall–Kier alpha value is -4.50. The molecule has 0 spiro atoms. The zero-order valence-electron chi connectivity index (χ0n) is 21.3. The van der Waals surface area contributed by atoms with Crippen molar-refractivity contribution in [2.24, 2.45) is 0 Å². The summed E-state index contributed by atoms with van der Waals surface area (Å²) in [6.07, 6.45) is 9.72. The number of imidazole rings is 1. The lowest BCUT2D eigenvalue weighted by Crippen LogP contribution is -2.36. The normalized spacial score (nSPS) is 15.1. The number of ketones is 1. The van der Waals surface area contributed by atoms with Gasteiger partial charge in [0.25, 0.3) is 0 Å². The minimum Gasteiger partial charge on any atom is -0.318 e. The summed E-state index contributed by atoms with van der Waals surface area (Å²) in [6, 6.07) is 40.1. The van der Waals surface area contributed by atoms with E-state index in [2.05, 4.69) is 120 Å². The van der Waals surface area contributed by atoms with Crippen LogP contribution in [0, 0.1) is 0 Å². The third-order valence-electron chi connectivity index (χ3n) is 7.57. The number of rotatable bonds is 6. The van der Waals surface area contributed by atoms with Gasteiger partial charge in [-0.05, 0) is 53.2 Å². The maximum Gasteiger partial charge on any atom is 0.158 e. The minimum absolute atomic E-state index is 0.271. The second-order valence-electron chi connectivity index (χ2n) is 9.86. The van der Waals surface area contributed by atoms with E-state index in [0.29, 0.717) is 6.42 Å². The van der Waals surface area contributed by atoms with E-state index < -0.39 is 5.54 Å². The van der Waals surface area contributed by atoms with Crippen LogP contribution in [0.1, 0.15) is 47.9 Å². The summed E-state index contributed by atoms with van der Waals surface area (Å²) >= 11 is 0. The van der Waals surface area contributed by atoms with Gasteiger partial charge in [0.05, 0.1) is 12.0 Å². The first-order valence-electron chi connectivity index (χ1n) is 13.3. The molecule has 3 nitrogen and oxygen atoms in total. The van der Waals surface area contributed by atoms with Gasteiger partial charge in [0.2, 0.25) is 0 Å². The largest absolute Gasteiger partial charge is 0.318 e. The molecule has 3 heteroatoms. The highest BCUT2D eigenvalue weighted by Crippen LogP contribution is 2.41. The molecule has 0 saturated heterocycles. The summed E-state index contributed by atoms with van der Waals surface area (Å²) in [6.45, 7) is 0. The van der Waals surface area contributed by atoms with E-state index >= 15 is 0 Å². The molecule has 1 aliphatic rings. The zero-order chi connectivity index (χ0) is 25.8. The van der Waals surface area contributed by atoms with Gasteiger partial charge in [0, 0.05) is 18.2 Å². The van der Waals surface area contributed by atoms with Crippen molar-refractivity contribution in [1.82, 2.24) is 9.55 Å². The number of benzene rings is 4. The lowest BCUT2D eigenvalue weighted by Gasteiger charge is -2.37. The van der Waals surface area contributed by atoms with Crippen LogP contribution < -0.4 is 0 Å². The van der Waals surface area contributed by atoms with Crippen LogP contribution in [0.3, 0.4) is 0 Å². The van der Waals surface area contributed by atoms with Crippen molar-refractivity contribution in [3.63, 3.8) is 0 Å². The monoisotopic (exact) mass is 494 g/mol. The van der Waals surface area contributed by atoms with Crippen molar-refractivity contribution >= 4 is 11.9 Å². The molecule has 1 aliphatic carbocycles. The second kappa shape index (κ2) is 10.5. The lowest BCUT2D eigenvalue weighted by molar-refractivity contribution is -0.116. The molecule has 4 aromatic carbocycles. The van der Waals surface area contributed by atoms with Gasteiger partial charge in [-0.3, -0.25) is 4.79 Å². The maximum atomic E-state index is 12.6. The fourth-order valence-electron chi connectivity index (χ4n) is 5.73. The fraction of sp³-hybridized carbons (Fsp3) is 0.143. The van der Waals surface area contributed by atoms with E-state index in [0.717, 1.165) is 58.3 Å². The Morgan fingerprint density at radius 1 is 0.658 bits per heavy atom. The van der Waals surface area contributed by atoms with Crippen LogP contribution in [0.5, 0.6) is 0 Å². The van der Waals surface area contributed by atoms with Gasteiger partial charge in [-0.2, -0.15) is 0 Å². The number of nitrogens with zero attached hydrogens (tertiary/aromatic N) is 2. The number of hydrogen-bond donors (Lipinski definition) is 0. The Bertz CT molecular complexity index is 1470. The third-order valence-corrected chi connectivity index (χ3v) is 7.57. The smallest absolute Gasteiger partial charge is 0.158 e. The fourth-order valence-corrected chi connectivity index (χ4v) is 5.73. The van der Waals surface area contributed by atoms with Crippen molar-refractivity contribution in [2.45, 2.75) is 31.2 Å². The molecule has 0 atom stereocenters. The van der Waals surface area contributed by atoms with Crippen LogP contribution in [0.4, 0.5) is 0 Å². The van der Waals surface area contributed by atoms with E-state index in [1.807, 2.05) is 18.5 Å².